The van der Waals surface area contributed by atoms with Crippen molar-refractivity contribution < 1.29 is 14.9 Å². The van der Waals surface area contributed by atoms with Gasteiger partial charge in [-0.3, -0.25) is 0 Å². The fraction of sp³-hybridized carbons (Fsp3) is 0.538. The zero-order chi connectivity index (χ0) is 13.0. The van der Waals surface area contributed by atoms with E-state index in [4.69, 9.17) is 14.9 Å². The summed E-state index contributed by atoms with van der Waals surface area (Å²) >= 11 is 3.43. The summed E-state index contributed by atoms with van der Waals surface area (Å²) in [7, 11) is 0. The topological polar surface area (TPSA) is 61.7 Å². The Balaban J connectivity index is 2.21. The molecule has 18 heavy (non-hydrogen) atoms. The van der Waals surface area contributed by atoms with Crippen LogP contribution in [0.2, 0.25) is 0 Å². The molecule has 1 aromatic carbocycles. The summed E-state index contributed by atoms with van der Waals surface area (Å²) in [6.45, 7) is 0.560. The highest BCUT2D eigenvalue weighted by Crippen LogP contribution is 2.33. The molecule has 0 spiro atoms. The Morgan fingerprint density at radius 3 is 2.89 bits per heavy atom. The molecule has 3 N–H and O–H groups in total. The van der Waals surface area contributed by atoms with Gasteiger partial charge in [-0.1, -0.05) is 22.0 Å². The molecule has 0 aliphatic carbocycles. The number of hydrogen-bond donors (Lipinski definition) is 3. The smallest absolute Gasteiger partial charge is 0.125 e. The molecular weight excluding hydrogens is 298 g/mol. The third-order valence-electron chi connectivity index (χ3n) is 3.12. The molecule has 1 unspecified atom stereocenters. The molecule has 0 fully saturated rings. The number of rotatable bonds is 4. The zero-order valence-electron chi connectivity index (χ0n) is 10.1. The van der Waals surface area contributed by atoms with E-state index in [0.717, 1.165) is 28.6 Å². The van der Waals surface area contributed by atoms with Gasteiger partial charge in [0.1, 0.15) is 5.75 Å². The quantitative estimate of drug-likeness (QED) is 0.790. The molecule has 0 bridgehead atoms. The Morgan fingerprint density at radius 2 is 2.17 bits per heavy atom. The Labute approximate surface area is 115 Å². The highest BCUT2D eigenvalue weighted by Gasteiger charge is 2.22. The second kappa shape index (κ2) is 6.52. The number of halogens is 1. The Hall–Kier alpha value is -0.620. The Bertz CT molecular complexity index is 396. The van der Waals surface area contributed by atoms with Crippen molar-refractivity contribution in [1.29, 1.82) is 0 Å². The van der Waals surface area contributed by atoms with Gasteiger partial charge < -0.3 is 20.3 Å². The lowest BCUT2D eigenvalue weighted by molar-refractivity contribution is 0.160. The summed E-state index contributed by atoms with van der Waals surface area (Å²) in [4.78, 5) is 0. The minimum absolute atomic E-state index is 0.0697. The first-order valence-electron chi connectivity index (χ1n) is 6.14. The summed E-state index contributed by atoms with van der Waals surface area (Å²) in [5, 5.41) is 21.6. The van der Waals surface area contributed by atoms with Crippen molar-refractivity contribution in [3.8, 4) is 5.75 Å². The predicted octanol–water partition coefficient (Wildman–Crippen LogP) is 1.61. The van der Waals surface area contributed by atoms with Crippen molar-refractivity contribution in [3.63, 3.8) is 0 Å². The number of benzene rings is 1. The lowest BCUT2D eigenvalue weighted by Crippen LogP contribution is -2.38. The Kier molecular flexibility index (Phi) is 5.00. The van der Waals surface area contributed by atoms with Crippen molar-refractivity contribution in [1.82, 2.24) is 5.32 Å². The van der Waals surface area contributed by atoms with Gasteiger partial charge in [0.2, 0.25) is 0 Å². The molecule has 1 aromatic rings. The summed E-state index contributed by atoms with van der Waals surface area (Å²) in [5.41, 5.74) is 1.09. The van der Waals surface area contributed by atoms with E-state index in [1.54, 1.807) is 0 Å². The van der Waals surface area contributed by atoms with Crippen molar-refractivity contribution in [2.24, 2.45) is 0 Å². The second-order valence-electron chi connectivity index (χ2n) is 4.45. The average Bonchev–Trinajstić information content (AvgIpc) is 2.57. The van der Waals surface area contributed by atoms with Gasteiger partial charge in [0.05, 0.1) is 25.9 Å². The van der Waals surface area contributed by atoms with Gasteiger partial charge in [0, 0.05) is 16.1 Å². The van der Waals surface area contributed by atoms with E-state index in [1.165, 1.54) is 0 Å². The number of ether oxygens (including phenoxy) is 1. The van der Waals surface area contributed by atoms with Crippen LogP contribution in [-0.4, -0.2) is 36.1 Å². The molecule has 100 valence electrons. The minimum atomic E-state index is -0.287. The average molecular weight is 316 g/mol. The normalized spacial score (nSPS) is 19.2. The van der Waals surface area contributed by atoms with E-state index in [1.807, 2.05) is 18.2 Å². The van der Waals surface area contributed by atoms with E-state index >= 15 is 0 Å². The highest BCUT2D eigenvalue weighted by atomic mass is 79.9. The fourth-order valence-electron chi connectivity index (χ4n) is 2.17. The van der Waals surface area contributed by atoms with Crippen LogP contribution in [0.25, 0.3) is 0 Å². The minimum Gasteiger partial charge on any atom is -0.493 e. The molecule has 4 nitrogen and oxygen atoms in total. The van der Waals surface area contributed by atoms with Gasteiger partial charge in [0.15, 0.2) is 0 Å². The molecule has 5 heteroatoms. The molecule has 0 radical (unpaired) electrons. The number of aliphatic hydroxyl groups excluding tert-OH is 2. The van der Waals surface area contributed by atoms with Crippen LogP contribution in [0.1, 0.15) is 24.4 Å². The molecule has 1 aliphatic heterocycles. The largest absolute Gasteiger partial charge is 0.493 e. The van der Waals surface area contributed by atoms with E-state index in [9.17, 15) is 0 Å². The van der Waals surface area contributed by atoms with Crippen LogP contribution in [0.5, 0.6) is 5.75 Å². The molecule has 0 saturated carbocycles. The van der Waals surface area contributed by atoms with Gasteiger partial charge in [-0.15, -0.1) is 0 Å². The third-order valence-corrected chi connectivity index (χ3v) is 3.62. The highest BCUT2D eigenvalue weighted by molar-refractivity contribution is 9.10. The third kappa shape index (κ3) is 3.23. The molecule has 0 amide bonds. The maximum absolute atomic E-state index is 9.16. The maximum Gasteiger partial charge on any atom is 0.125 e. The van der Waals surface area contributed by atoms with Crippen molar-refractivity contribution in [2.45, 2.75) is 24.9 Å². The van der Waals surface area contributed by atoms with Gasteiger partial charge >= 0.3 is 0 Å². The summed E-state index contributed by atoms with van der Waals surface area (Å²) < 4.78 is 6.70. The van der Waals surface area contributed by atoms with Crippen molar-refractivity contribution >= 4 is 15.9 Å². The molecule has 1 aliphatic rings. The van der Waals surface area contributed by atoms with E-state index in [0.29, 0.717) is 6.61 Å². The molecule has 2 rings (SSSR count). The monoisotopic (exact) mass is 315 g/mol. The van der Waals surface area contributed by atoms with Gasteiger partial charge in [-0.2, -0.15) is 0 Å². The van der Waals surface area contributed by atoms with Gasteiger partial charge in [0.25, 0.3) is 0 Å². The van der Waals surface area contributed by atoms with Crippen LogP contribution >= 0.6 is 15.9 Å². The number of aliphatic hydroxyl groups is 2. The molecule has 0 aromatic heterocycles. The van der Waals surface area contributed by atoms with Crippen LogP contribution < -0.4 is 10.1 Å². The van der Waals surface area contributed by atoms with Crippen LogP contribution in [-0.2, 0) is 0 Å². The first-order valence-corrected chi connectivity index (χ1v) is 6.94. The first kappa shape index (κ1) is 13.8. The fourth-order valence-corrected chi connectivity index (χ4v) is 2.51. The van der Waals surface area contributed by atoms with E-state index < -0.39 is 0 Å². The summed E-state index contributed by atoms with van der Waals surface area (Å²) in [6.07, 6.45) is 1.89. The molecule has 1 heterocycles. The summed E-state index contributed by atoms with van der Waals surface area (Å²) in [6, 6.07) is 5.79. The van der Waals surface area contributed by atoms with Gasteiger partial charge in [-0.25, -0.2) is 0 Å². The van der Waals surface area contributed by atoms with E-state index in [2.05, 4.69) is 21.2 Å². The molecule has 0 saturated heterocycles. The molecule has 1 atom stereocenters. The first-order chi connectivity index (χ1) is 8.74. The standard InChI is InChI=1S/C13H18BrNO3/c14-9-3-4-11-12(15-10(7-16)8-17)2-1-5-18-13(11)6-9/h3-4,6,10,12,15-17H,1-2,5,7-8H2. The lowest BCUT2D eigenvalue weighted by Gasteiger charge is -2.23. The van der Waals surface area contributed by atoms with Crippen LogP contribution in [0.4, 0.5) is 0 Å². The Morgan fingerprint density at radius 1 is 1.39 bits per heavy atom. The number of fused-ring (bicyclic) bond motifs is 1. The predicted molar refractivity (Wildman–Crippen MR) is 72.7 cm³/mol. The number of nitrogens with one attached hydrogen (secondary N) is 1. The zero-order valence-corrected chi connectivity index (χ0v) is 11.7. The summed E-state index contributed by atoms with van der Waals surface area (Å²) in [5.74, 6) is 0.869. The maximum atomic E-state index is 9.16. The SMILES string of the molecule is OCC(CO)NC1CCCOc2cc(Br)ccc21. The lowest BCUT2D eigenvalue weighted by atomic mass is 10.0. The van der Waals surface area contributed by atoms with Gasteiger partial charge in [-0.05, 0) is 25.0 Å². The van der Waals surface area contributed by atoms with Crippen LogP contribution in [0, 0.1) is 0 Å². The van der Waals surface area contributed by atoms with E-state index in [-0.39, 0.29) is 25.3 Å². The van der Waals surface area contributed by atoms with Crippen molar-refractivity contribution in [3.05, 3.63) is 28.2 Å². The number of hydrogen-bond acceptors (Lipinski definition) is 4. The van der Waals surface area contributed by atoms with Crippen molar-refractivity contribution in [2.75, 3.05) is 19.8 Å². The second-order valence-corrected chi connectivity index (χ2v) is 5.37. The molecular formula is C13H18BrNO3. The van der Waals surface area contributed by atoms with Crippen LogP contribution in [0.3, 0.4) is 0 Å². The van der Waals surface area contributed by atoms with Crippen LogP contribution in [0.15, 0.2) is 22.7 Å².